The highest BCUT2D eigenvalue weighted by atomic mass is 16.5. The first-order valence-corrected chi connectivity index (χ1v) is 7.43. The minimum atomic E-state index is 0.321. The average molecular weight is 256 g/mol. The van der Waals surface area contributed by atoms with Crippen LogP contribution >= 0.6 is 0 Å². The third-order valence-corrected chi connectivity index (χ3v) is 3.25. The van der Waals surface area contributed by atoms with E-state index in [4.69, 9.17) is 9.47 Å². The van der Waals surface area contributed by atoms with Gasteiger partial charge in [-0.15, -0.1) is 6.58 Å². The van der Waals surface area contributed by atoms with Crippen molar-refractivity contribution in [2.75, 3.05) is 7.11 Å². The second-order valence-corrected chi connectivity index (χ2v) is 5.22. The first kappa shape index (κ1) is 17.7. The summed E-state index contributed by atoms with van der Waals surface area (Å²) in [7, 11) is 1.81. The van der Waals surface area contributed by atoms with Crippen molar-refractivity contribution in [3.05, 3.63) is 12.7 Å². The maximum atomic E-state index is 5.93. The number of hydrogen-bond donors (Lipinski definition) is 0. The van der Waals surface area contributed by atoms with Crippen LogP contribution in [-0.4, -0.2) is 25.4 Å². The van der Waals surface area contributed by atoms with E-state index >= 15 is 0 Å². The number of rotatable bonds is 12. The Morgan fingerprint density at radius 3 is 2.11 bits per heavy atom. The lowest BCUT2D eigenvalue weighted by atomic mass is 10.0. The molecule has 0 rings (SSSR count). The van der Waals surface area contributed by atoms with Crippen molar-refractivity contribution < 1.29 is 9.47 Å². The van der Waals surface area contributed by atoms with E-state index in [1.54, 1.807) is 0 Å². The van der Waals surface area contributed by atoms with Crippen LogP contribution in [-0.2, 0) is 9.47 Å². The molecule has 0 radical (unpaired) electrons. The highest BCUT2D eigenvalue weighted by Crippen LogP contribution is 2.16. The zero-order chi connectivity index (χ0) is 13.8. The molecule has 108 valence electrons. The smallest absolute Gasteiger partial charge is 0.0581 e. The lowest BCUT2D eigenvalue weighted by molar-refractivity contribution is -0.00282. The van der Waals surface area contributed by atoms with Gasteiger partial charge in [-0.2, -0.15) is 0 Å². The molecule has 0 bridgehead atoms. The molecule has 0 saturated carbocycles. The summed E-state index contributed by atoms with van der Waals surface area (Å²) >= 11 is 0. The molecular formula is C16H32O2. The maximum absolute atomic E-state index is 5.93. The van der Waals surface area contributed by atoms with Crippen molar-refractivity contribution in [2.24, 2.45) is 0 Å². The summed E-state index contributed by atoms with van der Waals surface area (Å²) < 4.78 is 11.3. The molecule has 0 heterocycles. The number of unbranched alkanes of at least 4 members (excludes halogenated alkanes) is 1. The number of ether oxygens (including phenoxy) is 2. The standard InChI is InChI=1S/C16H32O2/c1-6-8-11-16(18-14(3)4)13-10-9-12-15(7-2)17-5/h6,14-16H,1,7-13H2,2-5H3. The predicted octanol–water partition coefficient (Wildman–Crippen LogP) is 4.73. The van der Waals surface area contributed by atoms with Gasteiger partial charge in [-0.1, -0.05) is 25.8 Å². The predicted molar refractivity (Wildman–Crippen MR) is 79.0 cm³/mol. The van der Waals surface area contributed by atoms with E-state index in [9.17, 15) is 0 Å². The van der Waals surface area contributed by atoms with Crippen molar-refractivity contribution in [2.45, 2.75) is 84.0 Å². The van der Waals surface area contributed by atoms with Crippen molar-refractivity contribution in [1.29, 1.82) is 0 Å². The molecule has 0 amide bonds. The Hall–Kier alpha value is -0.340. The zero-order valence-corrected chi connectivity index (χ0v) is 12.8. The first-order chi connectivity index (χ1) is 8.63. The Morgan fingerprint density at radius 1 is 1.06 bits per heavy atom. The molecule has 2 heteroatoms. The Balaban J connectivity index is 3.76. The van der Waals surface area contributed by atoms with Crippen molar-refractivity contribution in [1.82, 2.24) is 0 Å². The summed E-state index contributed by atoms with van der Waals surface area (Å²) in [5.74, 6) is 0. The summed E-state index contributed by atoms with van der Waals surface area (Å²) in [4.78, 5) is 0. The summed E-state index contributed by atoms with van der Waals surface area (Å²) in [6, 6.07) is 0. The molecule has 0 aliphatic rings. The van der Waals surface area contributed by atoms with E-state index in [-0.39, 0.29) is 0 Å². The Labute approximate surface area is 114 Å². The number of hydrogen-bond acceptors (Lipinski definition) is 2. The van der Waals surface area contributed by atoms with Gasteiger partial charge < -0.3 is 9.47 Å². The van der Waals surface area contributed by atoms with Crippen LogP contribution in [0.4, 0.5) is 0 Å². The van der Waals surface area contributed by atoms with Crippen LogP contribution in [0.3, 0.4) is 0 Å². The average Bonchev–Trinajstić information content (AvgIpc) is 2.35. The summed E-state index contributed by atoms with van der Waals surface area (Å²) in [5.41, 5.74) is 0. The van der Waals surface area contributed by atoms with Gasteiger partial charge in [0.15, 0.2) is 0 Å². The number of methoxy groups -OCH3 is 1. The minimum Gasteiger partial charge on any atom is -0.381 e. The fourth-order valence-corrected chi connectivity index (χ4v) is 2.20. The summed E-state index contributed by atoms with van der Waals surface area (Å²) in [6.07, 6.45) is 11.2. The monoisotopic (exact) mass is 256 g/mol. The van der Waals surface area contributed by atoms with Gasteiger partial charge >= 0.3 is 0 Å². The van der Waals surface area contributed by atoms with Gasteiger partial charge in [0.05, 0.1) is 18.3 Å². The van der Waals surface area contributed by atoms with Crippen molar-refractivity contribution >= 4 is 0 Å². The summed E-state index contributed by atoms with van der Waals surface area (Å²) in [5, 5.41) is 0. The van der Waals surface area contributed by atoms with Gasteiger partial charge in [-0.3, -0.25) is 0 Å². The largest absolute Gasteiger partial charge is 0.381 e. The maximum Gasteiger partial charge on any atom is 0.0581 e. The molecule has 0 aromatic rings. The fourth-order valence-electron chi connectivity index (χ4n) is 2.20. The lowest BCUT2D eigenvalue weighted by Gasteiger charge is -2.20. The molecule has 0 saturated heterocycles. The van der Waals surface area contributed by atoms with Crippen LogP contribution in [0.25, 0.3) is 0 Å². The Kier molecular flexibility index (Phi) is 11.5. The highest BCUT2D eigenvalue weighted by molar-refractivity contribution is 4.71. The van der Waals surface area contributed by atoms with E-state index in [0.717, 1.165) is 25.7 Å². The Morgan fingerprint density at radius 2 is 1.67 bits per heavy atom. The van der Waals surface area contributed by atoms with E-state index < -0.39 is 0 Å². The molecule has 0 aliphatic heterocycles. The molecule has 0 aromatic carbocycles. The quantitative estimate of drug-likeness (QED) is 0.371. The van der Waals surface area contributed by atoms with Crippen LogP contribution in [0.15, 0.2) is 12.7 Å². The molecule has 0 fully saturated rings. The molecule has 2 nitrogen and oxygen atoms in total. The first-order valence-electron chi connectivity index (χ1n) is 7.43. The molecule has 0 spiro atoms. The normalized spacial score (nSPS) is 14.7. The van der Waals surface area contributed by atoms with Gasteiger partial charge in [0.2, 0.25) is 0 Å². The molecule has 0 aromatic heterocycles. The molecule has 0 aliphatic carbocycles. The fraction of sp³-hybridized carbons (Fsp3) is 0.875. The molecule has 18 heavy (non-hydrogen) atoms. The van der Waals surface area contributed by atoms with Crippen LogP contribution in [0, 0.1) is 0 Å². The van der Waals surface area contributed by atoms with E-state index in [1.165, 1.54) is 19.3 Å². The molecule has 2 atom stereocenters. The van der Waals surface area contributed by atoms with Crippen molar-refractivity contribution in [3.8, 4) is 0 Å². The summed E-state index contributed by atoms with van der Waals surface area (Å²) in [6.45, 7) is 10.2. The van der Waals surface area contributed by atoms with Gasteiger partial charge in [0.1, 0.15) is 0 Å². The highest BCUT2D eigenvalue weighted by Gasteiger charge is 2.11. The second-order valence-electron chi connectivity index (χ2n) is 5.22. The third-order valence-electron chi connectivity index (χ3n) is 3.25. The molecular weight excluding hydrogens is 224 g/mol. The lowest BCUT2D eigenvalue weighted by Crippen LogP contribution is -2.18. The zero-order valence-electron chi connectivity index (χ0n) is 12.8. The second kappa shape index (κ2) is 11.7. The van der Waals surface area contributed by atoms with Crippen LogP contribution in [0.5, 0.6) is 0 Å². The van der Waals surface area contributed by atoms with Gasteiger partial charge in [0.25, 0.3) is 0 Å². The van der Waals surface area contributed by atoms with Crippen molar-refractivity contribution in [3.63, 3.8) is 0 Å². The van der Waals surface area contributed by atoms with E-state index in [0.29, 0.717) is 18.3 Å². The van der Waals surface area contributed by atoms with Gasteiger partial charge in [0, 0.05) is 7.11 Å². The van der Waals surface area contributed by atoms with Gasteiger partial charge in [-0.25, -0.2) is 0 Å². The minimum absolute atomic E-state index is 0.321. The number of allylic oxidation sites excluding steroid dienone is 1. The third kappa shape index (κ3) is 9.67. The molecule has 0 N–H and O–H groups in total. The van der Waals surface area contributed by atoms with E-state index in [2.05, 4.69) is 27.4 Å². The van der Waals surface area contributed by atoms with Crippen LogP contribution in [0.1, 0.15) is 65.7 Å². The molecule has 2 unspecified atom stereocenters. The van der Waals surface area contributed by atoms with Crippen LogP contribution in [0.2, 0.25) is 0 Å². The van der Waals surface area contributed by atoms with Gasteiger partial charge in [-0.05, 0) is 46.0 Å². The van der Waals surface area contributed by atoms with E-state index in [1.807, 2.05) is 13.2 Å². The SMILES string of the molecule is C=CCCC(CCCCC(CC)OC)OC(C)C. The topological polar surface area (TPSA) is 18.5 Å². The van der Waals surface area contributed by atoms with Crippen LogP contribution < -0.4 is 0 Å². The Bertz CT molecular complexity index is 186.